The molecule has 9 heteroatoms. The van der Waals surface area contributed by atoms with Crippen LogP contribution in [0.2, 0.25) is 0 Å². The molecule has 0 aliphatic heterocycles. The molecule has 2 aromatic heterocycles. The van der Waals surface area contributed by atoms with Crippen LogP contribution in [0.4, 0.5) is 4.39 Å². The van der Waals surface area contributed by atoms with Crippen LogP contribution in [-0.4, -0.2) is 26.9 Å². The Hall–Kier alpha value is -3.40. The quantitative estimate of drug-likeness (QED) is 0.185. The number of halogens is 1. The van der Waals surface area contributed by atoms with E-state index in [1.54, 1.807) is 13.1 Å². The van der Waals surface area contributed by atoms with Gasteiger partial charge in [0.1, 0.15) is 22.7 Å². The van der Waals surface area contributed by atoms with Gasteiger partial charge in [0.05, 0.1) is 25.3 Å². The second-order valence-electron chi connectivity index (χ2n) is 10.2. The Labute approximate surface area is 231 Å². The van der Waals surface area contributed by atoms with Gasteiger partial charge < -0.3 is 18.4 Å². The van der Waals surface area contributed by atoms with Crippen molar-refractivity contribution in [2.24, 2.45) is 0 Å². The van der Waals surface area contributed by atoms with Crippen LogP contribution in [-0.2, 0) is 40.5 Å². The summed E-state index contributed by atoms with van der Waals surface area (Å²) >= 11 is -1.25. The third-order valence-electron chi connectivity index (χ3n) is 5.97. The number of aromatic nitrogens is 1. The monoisotopic (exact) mass is 552 g/mol. The second kappa shape index (κ2) is 12.2. The molecule has 39 heavy (non-hydrogen) atoms. The molecule has 0 aliphatic rings. The number of esters is 1. The van der Waals surface area contributed by atoms with E-state index in [9.17, 15) is 13.7 Å². The van der Waals surface area contributed by atoms with E-state index in [4.69, 9.17) is 13.9 Å². The highest BCUT2D eigenvalue weighted by molar-refractivity contribution is 7.90. The van der Waals surface area contributed by atoms with E-state index in [1.165, 1.54) is 6.07 Å². The number of nitrogens with zero attached hydrogens (tertiary/aromatic N) is 1. The van der Waals surface area contributed by atoms with Gasteiger partial charge in [0, 0.05) is 40.1 Å². The maximum absolute atomic E-state index is 14.2. The number of rotatable bonds is 10. The molecule has 0 bridgehead atoms. The SMILES string of the molecule is CCOC(=O)Cc1ccc(C)cc1OCc1cc(-c2ccnc(CN[S@@+]([O-])C(C)(C)C)c2)c2oc(F)cc2c1. The Bertz CT molecular complexity index is 1460. The van der Waals surface area contributed by atoms with Crippen LogP contribution in [0.5, 0.6) is 5.75 Å². The molecule has 1 N–H and O–H groups in total. The first-order valence-corrected chi connectivity index (χ1v) is 13.9. The number of carbonyl (C=O) groups excluding carboxylic acids is 1. The molecular weight excluding hydrogens is 519 g/mol. The highest BCUT2D eigenvalue weighted by Gasteiger charge is 2.26. The maximum atomic E-state index is 14.2. The molecule has 4 aromatic rings. The number of furan rings is 1. The minimum Gasteiger partial charge on any atom is -0.598 e. The maximum Gasteiger partial charge on any atom is 0.310 e. The fraction of sp³-hybridized carbons (Fsp3) is 0.333. The first-order valence-electron chi connectivity index (χ1n) is 12.7. The number of pyridine rings is 1. The molecule has 206 valence electrons. The molecule has 1 atom stereocenters. The van der Waals surface area contributed by atoms with Gasteiger partial charge >= 0.3 is 5.97 Å². The summed E-state index contributed by atoms with van der Waals surface area (Å²) in [5, 5.41) is 0.602. The number of hydrogen-bond acceptors (Lipinski definition) is 7. The number of ether oxygens (including phenoxy) is 2. The van der Waals surface area contributed by atoms with Crippen LogP contribution in [0, 0.1) is 12.9 Å². The predicted molar refractivity (Wildman–Crippen MR) is 150 cm³/mol. The van der Waals surface area contributed by atoms with Gasteiger partial charge in [0.2, 0.25) is 0 Å². The highest BCUT2D eigenvalue weighted by atomic mass is 32.2. The van der Waals surface area contributed by atoms with Crippen molar-refractivity contribution in [3.8, 4) is 16.9 Å². The smallest absolute Gasteiger partial charge is 0.310 e. The number of carbonyl (C=O) groups is 1. The van der Waals surface area contributed by atoms with E-state index in [1.807, 2.05) is 70.2 Å². The average Bonchev–Trinajstić information content (AvgIpc) is 3.26. The number of fused-ring (bicyclic) bond motifs is 1. The van der Waals surface area contributed by atoms with Crippen molar-refractivity contribution < 1.29 is 27.6 Å². The number of nitrogens with one attached hydrogen (secondary N) is 1. The normalized spacial score (nSPS) is 12.5. The van der Waals surface area contributed by atoms with E-state index in [-0.39, 0.29) is 19.0 Å². The highest BCUT2D eigenvalue weighted by Crippen LogP contribution is 2.33. The van der Waals surface area contributed by atoms with Crippen LogP contribution in [0.15, 0.2) is 59.1 Å². The van der Waals surface area contributed by atoms with Crippen molar-refractivity contribution >= 4 is 28.3 Å². The Morgan fingerprint density at radius 2 is 1.95 bits per heavy atom. The minimum absolute atomic E-state index is 0.106. The summed E-state index contributed by atoms with van der Waals surface area (Å²) in [6, 6.07) is 13.7. The summed E-state index contributed by atoms with van der Waals surface area (Å²) in [6.07, 6.45) is 1.77. The zero-order chi connectivity index (χ0) is 28.2. The molecular formula is C30H33FN2O5S. The Kier molecular flexibility index (Phi) is 8.94. The van der Waals surface area contributed by atoms with Crippen molar-refractivity contribution in [3.05, 3.63) is 83.1 Å². The van der Waals surface area contributed by atoms with E-state index in [2.05, 4.69) is 9.71 Å². The largest absolute Gasteiger partial charge is 0.598 e. The molecule has 0 saturated carbocycles. The molecule has 0 fully saturated rings. The second-order valence-corrected chi connectivity index (χ2v) is 12.3. The van der Waals surface area contributed by atoms with E-state index in [0.29, 0.717) is 41.1 Å². The van der Waals surface area contributed by atoms with Gasteiger partial charge in [0.25, 0.3) is 6.01 Å². The van der Waals surface area contributed by atoms with Crippen LogP contribution < -0.4 is 9.46 Å². The molecule has 0 spiro atoms. The third-order valence-corrected chi connectivity index (χ3v) is 7.49. The average molecular weight is 553 g/mol. The topological polar surface area (TPSA) is 96.7 Å². The van der Waals surface area contributed by atoms with E-state index >= 15 is 0 Å². The Morgan fingerprint density at radius 1 is 1.15 bits per heavy atom. The van der Waals surface area contributed by atoms with Crippen molar-refractivity contribution in [2.45, 2.75) is 58.9 Å². The zero-order valence-corrected chi connectivity index (χ0v) is 23.6. The van der Waals surface area contributed by atoms with Crippen molar-refractivity contribution in [1.82, 2.24) is 9.71 Å². The summed E-state index contributed by atoms with van der Waals surface area (Å²) in [4.78, 5) is 16.5. The van der Waals surface area contributed by atoms with Gasteiger partial charge in [-0.3, -0.25) is 9.78 Å². The molecule has 4 rings (SSSR count). The first-order chi connectivity index (χ1) is 18.5. The lowest BCUT2D eigenvalue weighted by atomic mass is 10.0. The number of aryl methyl sites for hydroxylation is 1. The Morgan fingerprint density at radius 3 is 2.69 bits per heavy atom. The summed E-state index contributed by atoms with van der Waals surface area (Å²) in [5.74, 6) is 0.269. The van der Waals surface area contributed by atoms with Crippen molar-refractivity contribution in [3.63, 3.8) is 0 Å². The number of hydrogen-bond donors (Lipinski definition) is 1. The lowest BCUT2D eigenvalue weighted by molar-refractivity contribution is -0.142. The standard InChI is InChI=1S/C30H33FN2O5S/c1-6-36-28(34)16-22-8-7-19(2)11-26(22)37-18-20-12-23-15-27(31)38-29(23)25(13-20)21-9-10-32-24(14-21)17-33-39(35)30(3,4)5/h7-15,33H,6,16-18H2,1-5H3/t39-/m0/s1. The van der Waals surface area contributed by atoms with E-state index < -0.39 is 22.1 Å². The van der Waals surface area contributed by atoms with Gasteiger partial charge in [-0.05, 0) is 81.6 Å². The molecule has 0 radical (unpaired) electrons. The predicted octanol–water partition coefficient (Wildman–Crippen LogP) is 6.18. The van der Waals surface area contributed by atoms with E-state index in [0.717, 1.165) is 22.3 Å². The van der Waals surface area contributed by atoms with Crippen LogP contribution in [0.25, 0.3) is 22.1 Å². The minimum atomic E-state index is -1.25. The molecule has 0 unspecified atom stereocenters. The van der Waals surface area contributed by atoms with Gasteiger partial charge in [-0.25, -0.2) is 0 Å². The van der Waals surface area contributed by atoms with Gasteiger partial charge in [-0.2, -0.15) is 4.39 Å². The lowest BCUT2D eigenvalue weighted by Gasteiger charge is -2.23. The molecule has 0 aliphatic carbocycles. The molecule has 7 nitrogen and oxygen atoms in total. The summed E-state index contributed by atoms with van der Waals surface area (Å²) in [6.45, 7) is 10.2. The van der Waals surface area contributed by atoms with Crippen LogP contribution in [0.1, 0.15) is 50.1 Å². The fourth-order valence-electron chi connectivity index (χ4n) is 4.05. The summed E-state index contributed by atoms with van der Waals surface area (Å²) < 4.78 is 45.9. The lowest BCUT2D eigenvalue weighted by Crippen LogP contribution is -2.39. The first kappa shape index (κ1) is 28.6. The third kappa shape index (κ3) is 7.38. The van der Waals surface area contributed by atoms with Gasteiger partial charge in [0.15, 0.2) is 0 Å². The molecule has 0 saturated heterocycles. The number of benzene rings is 2. The summed E-state index contributed by atoms with van der Waals surface area (Å²) in [7, 11) is 0. The zero-order valence-electron chi connectivity index (χ0n) is 22.8. The summed E-state index contributed by atoms with van der Waals surface area (Å²) in [5.41, 5.74) is 5.10. The van der Waals surface area contributed by atoms with Crippen molar-refractivity contribution in [2.75, 3.05) is 6.61 Å². The molecule has 0 amide bonds. The fourth-order valence-corrected chi connectivity index (χ4v) is 4.76. The van der Waals surface area contributed by atoms with Crippen molar-refractivity contribution in [1.29, 1.82) is 0 Å². The van der Waals surface area contributed by atoms with Gasteiger partial charge in [-0.1, -0.05) is 12.1 Å². The molecule has 2 aromatic carbocycles. The molecule has 2 heterocycles. The Balaban J connectivity index is 1.61. The van der Waals surface area contributed by atoms with Crippen LogP contribution in [0.3, 0.4) is 0 Å². The van der Waals surface area contributed by atoms with Crippen LogP contribution >= 0.6 is 0 Å². The van der Waals surface area contributed by atoms with Gasteiger partial charge in [-0.15, -0.1) is 4.72 Å².